The van der Waals surface area contributed by atoms with Crippen LogP contribution >= 0.6 is 0 Å². The van der Waals surface area contributed by atoms with Crippen LogP contribution in [0.1, 0.15) is 12.0 Å². The van der Waals surface area contributed by atoms with Crippen LogP contribution in [-0.2, 0) is 9.53 Å². The number of nitrogens with zero attached hydrogens (tertiary/aromatic N) is 2. The monoisotopic (exact) mass is 261 g/mol. The Morgan fingerprint density at radius 3 is 2.53 bits per heavy atom. The van der Waals surface area contributed by atoms with E-state index in [0.29, 0.717) is 11.3 Å². The van der Waals surface area contributed by atoms with Gasteiger partial charge in [-0.15, -0.1) is 0 Å². The summed E-state index contributed by atoms with van der Waals surface area (Å²) < 4.78 is 4.50. The average molecular weight is 261 g/mol. The van der Waals surface area contributed by atoms with Gasteiger partial charge in [0, 0.05) is 19.3 Å². The minimum atomic E-state index is -0.363. The van der Waals surface area contributed by atoms with Gasteiger partial charge >= 0.3 is 12.0 Å². The molecule has 1 aromatic carbocycles. The number of urea groups is 1. The molecule has 0 aliphatic rings. The van der Waals surface area contributed by atoms with Crippen molar-refractivity contribution in [1.29, 1.82) is 5.26 Å². The van der Waals surface area contributed by atoms with Gasteiger partial charge in [-0.05, 0) is 24.3 Å². The zero-order valence-electron chi connectivity index (χ0n) is 10.8. The van der Waals surface area contributed by atoms with Crippen molar-refractivity contribution in [1.82, 2.24) is 4.90 Å². The van der Waals surface area contributed by atoms with E-state index in [2.05, 4.69) is 10.1 Å². The van der Waals surface area contributed by atoms with E-state index in [1.54, 1.807) is 31.3 Å². The van der Waals surface area contributed by atoms with Crippen LogP contribution in [0.4, 0.5) is 10.5 Å². The summed E-state index contributed by atoms with van der Waals surface area (Å²) in [6.45, 7) is 0.273. The van der Waals surface area contributed by atoms with E-state index in [0.717, 1.165) is 0 Å². The summed E-state index contributed by atoms with van der Waals surface area (Å²) in [7, 11) is 2.89. The van der Waals surface area contributed by atoms with Crippen LogP contribution in [0.3, 0.4) is 0 Å². The second-order valence-electron chi connectivity index (χ2n) is 3.87. The van der Waals surface area contributed by atoms with E-state index in [-0.39, 0.29) is 25.0 Å². The Labute approximate surface area is 111 Å². The average Bonchev–Trinajstić information content (AvgIpc) is 2.44. The molecule has 0 spiro atoms. The van der Waals surface area contributed by atoms with Crippen LogP contribution in [0.5, 0.6) is 0 Å². The van der Waals surface area contributed by atoms with Gasteiger partial charge in [0.1, 0.15) is 0 Å². The first kappa shape index (κ1) is 14.5. The highest BCUT2D eigenvalue weighted by atomic mass is 16.5. The second kappa shape index (κ2) is 7.01. The molecule has 1 N–H and O–H groups in total. The lowest BCUT2D eigenvalue weighted by Gasteiger charge is -2.17. The fraction of sp³-hybridized carbons (Fsp3) is 0.308. The predicted octanol–water partition coefficient (Wildman–Crippen LogP) is 1.59. The van der Waals surface area contributed by atoms with E-state index in [1.165, 1.54) is 12.0 Å². The maximum Gasteiger partial charge on any atom is 0.321 e. The molecule has 2 amide bonds. The molecule has 0 aromatic heterocycles. The Balaban J connectivity index is 2.49. The summed E-state index contributed by atoms with van der Waals surface area (Å²) >= 11 is 0. The van der Waals surface area contributed by atoms with Crippen molar-refractivity contribution in [3.8, 4) is 6.07 Å². The smallest absolute Gasteiger partial charge is 0.321 e. The number of nitrogens with one attached hydrogen (secondary N) is 1. The summed E-state index contributed by atoms with van der Waals surface area (Å²) in [5.74, 6) is -0.363. The van der Waals surface area contributed by atoms with Crippen molar-refractivity contribution in [3.63, 3.8) is 0 Å². The van der Waals surface area contributed by atoms with E-state index in [4.69, 9.17) is 5.26 Å². The quantitative estimate of drug-likeness (QED) is 0.834. The highest BCUT2D eigenvalue weighted by molar-refractivity contribution is 5.89. The van der Waals surface area contributed by atoms with Crippen LogP contribution in [0.25, 0.3) is 0 Å². The fourth-order valence-electron chi connectivity index (χ4n) is 1.31. The number of hydrogen-bond donors (Lipinski definition) is 1. The van der Waals surface area contributed by atoms with Crippen LogP contribution in [-0.4, -0.2) is 37.6 Å². The van der Waals surface area contributed by atoms with Crippen LogP contribution in [0.2, 0.25) is 0 Å². The molecule has 1 aromatic rings. The molecule has 0 saturated heterocycles. The normalized spacial score (nSPS) is 9.32. The minimum Gasteiger partial charge on any atom is -0.469 e. The van der Waals surface area contributed by atoms with Crippen LogP contribution in [0, 0.1) is 11.3 Å². The lowest BCUT2D eigenvalue weighted by Crippen LogP contribution is -2.33. The van der Waals surface area contributed by atoms with Crippen molar-refractivity contribution < 1.29 is 14.3 Å². The first-order valence-corrected chi connectivity index (χ1v) is 5.66. The van der Waals surface area contributed by atoms with Crippen molar-refractivity contribution >= 4 is 17.7 Å². The maximum absolute atomic E-state index is 11.8. The molecule has 0 radical (unpaired) electrons. The number of hydrogen-bond acceptors (Lipinski definition) is 4. The van der Waals surface area contributed by atoms with Gasteiger partial charge in [-0.3, -0.25) is 4.79 Å². The Morgan fingerprint density at radius 2 is 2.00 bits per heavy atom. The largest absolute Gasteiger partial charge is 0.469 e. The van der Waals surface area contributed by atoms with Crippen molar-refractivity contribution in [2.24, 2.45) is 0 Å². The van der Waals surface area contributed by atoms with E-state index in [9.17, 15) is 9.59 Å². The molecule has 6 heteroatoms. The first-order chi connectivity index (χ1) is 9.06. The SMILES string of the molecule is COC(=O)CCN(C)C(=O)Nc1ccc(C#N)cc1. The van der Waals surface area contributed by atoms with Gasteiger partial charge in [-0.2, -0.15) is 5.26 Å². The van der Waals surface area contributed by atoms with Crippen LogP contribution < -0.4 is 5.32 Å². The third-order valence-corrected chi connectivity index (χ3v) is 2.49. The summed E-state index contributed by atoms with van der Waals surface area (Å²) in [5, 5.41) is 11.3. The number of carbonyl (C=O) groups excluding carboxylic acids is 2. The number of rotatable bonds is 4. The molecule has 0 saturated carbocycles. The number of nitriles is 1. The number of carbonyl (C=O) groups is 2. The molecule has 0 aliphatic heterocycles. The van der Waals surface area contributed by atoms with Gasteiger partial charge < -0.3 is 15.0 Å². The van der Waals surface area contributed by atoms with Crippen molar-refractivity contribution in [2.45, 2.75) is 6.42 Å². The topological polar surface area (TPSA) is 82.4 Å². The molecule has 6 nitrogen and oxygen atoms in total. The Bertz CT molecular complexity index is 491. The van der Waals surface area contributed by atoms with Gasteiger partial charge in [0.15, 0.2) is 0 Å². The van der Waals surface area contributed by atoms with Gasteiger partial charge in [-0.25, -0.2) is 4.79 Å². The van der Waals surface area contributed by atoms with Gasteiger partial charge in [-0.1, -0.05) is 0 Å². The summed E-state index contributed by atoms with van der Waals surface area (Å²) in [5.41, 5.74) is 1.12. The van der Waals surface area contributed by atoms with Gasteiger partial charge in [0.05, 0.1) is 25.2 Å². The summed E-state index contributed by atoms with van der Waals surface area (Å²) in [6, 6.07) is 8.19. The van der Waals surface area contributed by atoms with E-state index < -0.39 is 0 Å². The molecular formula is C13H15N3O3. The molecule has 0 bridgehead atoms. The number of anilines is 1. The van der Waals surface area contributed by atoms with Crippen molar-refractivity contribution in [3.05, 3.63) is 29.8 Å². The Morgan fingerprint density at radius 1 is 1.37 bits per heavy atom. The number of amides is 2. The molecule has 0 atom stereocenters. The zero-order chi connectivity index (χ0) is 14.3. The molecule has 1 rings (SSSR count). The van der Waals surface area contributed by atoms with Crippen LogP contribution in [0.15, 0.2) is 24.3 Å². The lowest BCUT2D eigenvalue weighted by atomic mass is 10.2. The molecule has 0 unspecified atom stereocenters. The number of esters is 1. The highest BCUT2D eigenvalue weighted by Crippen LogP contribution is 2.09. The third kappa shape index (κ3) is 4.68. The lowest BCUT2D eigenvalue weighted by molar-refractivity contribution is -0.140. The molecule has 0 fully saturated rings. The summed E-state index contributed by atoms with van der Waals surface area (Å²) in [6.07, 6.45) is 0.147. The zero-order valence-corrected chi connectivity index (χ0v) is 10.8. The fourth-order valence-corrected chi connectivity index (χ4v) is 1.31. The van der Waals surface area contributed by atoms with Gasteiger partial charge in [0.2, 0.25) is 0 Å². The van der Waals surface area contributed by atoms with E-state index >= 15 is 0 Å². The minimum absolute atomic E-state index is 0.147. The first-order valence-electron chi connectivity index (χ1n) is 5.66. The maximum atomic E-state index is 11.8. The molecule has 0 heterocycles. The standard InChI is InChI=1S/C13H15N3O3/c1-16(8-7-12(17)19-2)13(18)15-11-5-3-10(9-14)4-6-11/h3-6H,7-8H2,1-2H3,(H,15,18). The molecule has 0 aliphatic carbocycles. The molecule has 19 heavy (non-hydrogen) atoms. The van der Waals surface area contributed by atoms with E-state index in [1.807, 2.05) is 6.07 Å². The summed E-state index contributed by atoms with van der Waals surface area (Å²) in [4.78, 5) is 24.1. The Hall–Kier alpha value is -2.55. The molecule has 100 valence electrons. The Kier molecular flexibility index (Phi) is 5.35. The number of ether oxygens (including phenoxy) is 1. The molecular weight excluding hydrogens is 246 g/mol. The third-order valence-electron chi connectivity index (χ3n) is 2.49. The number of methoxy groups -OCH3 is 1. The highest BCUT2D eigenvalue weighted by Gasteiger charge is 2.10. The van der Waals surface area contributed by atoms with Gasteiger partial charge in [0.25, 0.3) is 0 Å². The second-order valence-corrected chi connectivity index (χ2v) is 3.87. The van der Waals surface area contributed by atoms with Crippen molar-refractivity contribution in [2.75, 3.05) is 26.0 Å². The predicted molar refractivity (Wildman–Crippen MR) is 69.4 cm³/mol. The number of benzene rings is 1.